The molecule has 8 heteroatoms. The minimum Gasteiger partial charge on any atom is -0.461 e. The van der Waals surface area contributed by atoms with Gasteiger partial charge < -0.3 is 9.30 Å². The van der Waals surface area contributed by atoms with E-state index in [-0.39, 0.29) is 6.04 Å². The summed E-state index contributed by atoms with van der Waals surface area (Å²) in [6.45, 7) is 8.88. The van der Waals surface area contributed by atoms with Crippen molar-refractivity contribution < 1.29 is 9.53 Å². The van der Waals surface area contributed by atoms with Crippen molar-refractivity contribution in [2.75, 3.05) is 6.61 Å². The molecule has 3 aromatic rings. The Morgan fingerprint density at radius 3 is 2.84 bits per heavy atom. The lowest BCUT2D eigenvalue weighted by atomic mass is 10.2. The summed E-state index contributed by atoms with van der Waals surface area (Å²) >= 11 is 0. The molecule has 0 aliphatic rings. The molecule has 0 amide bonds. The molecule has 3 aromatic heterocycles. The fourth-order valence-corrected chi connectivity index (χ4v) is 2.98. The Labute approximate surface area is 145 Å². The Kier molecular flexibility index (Phi) is 4.69. The van der Waals surface area contributed by atoms with E-state index in [0.29, 0.717) is 24.4 Å². The van der Waals surface area contributed by atoms with Gasteiger partial charge in [-0.25, -0.2) is 9.78 Å². The number of nitrogens with one attached hydrogen (secondary N) is 1. The molecule has 1 atom stereocenters. The van der Waals surface area contributed by atoms with Gasteiger partial charge in [0, 0.05) is 12.2 Å². The number of hydrogen-bond acceptors (Lipinski definition) is 5. The molecule has 0 radical (unpaired) electrons. The van der Waals surface area contributed by atoms with Crippen molar-refractivity contribution in [1.29, 1.82) is 0 Å². The highest BCUT2D eigenvalue weighted by atomic mass is 16.5. The first-order valence-corrected chi connectivity index (χ1v) is 8.25. The van der Waals surface area contributed by atoms with Crippen molar-refractivity contribution in [3.63, 3.8) is 0 Å². The first kappa shape index (κ1) is 16.9. The molecule has 0 saturated carbocycles. The lowest BCUT2D eigenvalue weighted by Crippen LogP contribution is -2.16. The highest BCUT2D eigenvalue weighted by Gasteiger charge is 2.20. The molecular formula is C17H22N6O2. The van der Waals surface area contributed by atoms with Gasteiger partial charge in [-0.3, -0.25) is 9.78 Å². The zero-order chi connectivity index (χ0) is 18.0. The van der Waals surface area contributed by atoms with Crippen molar-refractivity contribution in [2.45, 2.75) is 40.3 Å². The van der Waals surface area contributed by atoms with Crippen LogP contribution in [0.2, 0.25) is 0 Å². The topological polar surface area (TPSA) is 90.6 Å². The monoisotopic (exact) mass is 342 g/mol. The number of esters is 1. The average Bonchev–Trinajstić information content (AvgIpc) is 3.26. The number of aryl methyl sites for hydroxylation is 2. The highest BCUT2D eigenvalue weighted by molar-refractivity contribution is 5.94. The highest BCUT2D eigenvalue weighted by Crippen LogP contribution is 2.24. The van der Waals surface area contributed by atoms with Gasteiger partial charge in [0.2, 0.25) is 0 Å². The number of aromatic nitrogens is 6. The van der Waals surface area contributed by atoms with E-state index in [4.69, 9.17) is 4.74 Å². The first-order chi connectivity index (χ1) is 12.0. The van der Waals surface area contributed by atoms with Gasteiger partial charge >= 0.3 is 5.97 Å². The second kappa shape index (κ2) is 6.92. The molecule has 0 aromatic carbocycles. The van der Waals surface area contributed by atoms with E-state index in [1.165, 1.54) is 0 Å². The molecular weight excluding hydrogens is 320 g/mol. The van der Waals surface area contributed by atoms with Gasteiger partial charge in [-0.15, -0.1) is 0 Å². The van der Waals surface area contributed by atoms with Gasteiger partial charge in [-0.2, -0.15) is 10.2 Å². The van der Waals surface area contributed by atoms with Gasteiger partial charge in [0.15, 0.2) is 5.69 Å². The molecule has 0 aliphatic heterocycles. The largest absolute Gasteiger partial charge is 0.461 e. The molecule has 3 rings (SSSR count). The lowest BCUT2D eigenvalue weighted by Gasteiger charge is -2.17. The van der Waals surface area contributed by atoms with Crippen LogP contribution in [-0.4, -0.2) is 42.1 Å². The average molecular weight is 342 g/mol. The summed E-state index contributed by atoms with van der Waals surface area (Å²) in [4.78, 5) is 16.3. The van der Waals surface area contributed by atoms with Gasteiger partial charge in [-0.1, -0.05) is 0 Å². The summed E-state index contributed by atoms with van der Waals surface area (Å²) in [5, 5.41) is 11.3. The van der Waals surface area contributed by atoms with Crippen LogP contribution >= 0.6 is 0 Å². The normalized spacial score (nSPS) is 12.3. The summed E-state index contributed by atoms with van der Waals surface area (Å²) in [5.74, 6) is -0.422. The van der Waals surface area contributed by atoms with Crippen molar-refractivity contribution in [3.05, 3.63) is 41.9 Å². The number of aromatic amines is 1. The second-order valence-corrected chi connectivity index (χ2v) is 6.03. The molecule has 0 fully saturated rings. The SMILES string of the molecule is CCOC(=O)c1[nH]ncc1-c1cncn1C[C@@H](C)n1nc(C)cc1C. The molecule has 0 saturated heterocycles. The van der Waals surface area contributed by atoms with Crippen molar-refractivity contribution in [3.8, 4) is 11.3 Å². The van der Waals surface area contributed by atoms with Crippen LogP contribution in [-0.2, 0) is 11.3 Å². The van der Waals surface area contributed by atoms with Crippen LogP contribution in [0.25, 0.3) is 11.3 Å². The maximum absolute atomic E-state index is 12.1. The minimum absolute atomic E-state index is 0.139. The molecule has 3 heterocycles. The molecule has 8 nitrogen and oxygen atoms in total. The van der Waals surface area contributed by atoms with Gasteiger partial charge in [0.05, 0.1) is 48.3 Å². The van der Waals surface area contributed by atoms with E-state index in [0.717, 1.165) is 17.1 Å². The Morgan fingerprint density at radius 2 is 2.16 bits per heavy atom. The van der Waals surface area contributed by atoms with E-state index in [1.807, 2.05) is 23.1 Å². The number of carbonyl (C=O) groups is 1. The number of imidazole rings is 1. The molecule has 0 spiro atoms. The third-order valence-corrected chi connectivity index (χ3v) is 4.03. The third-order valence-electron chi connectivity index (χ3n) is 4.03. The van der Waals surface area contributed by atoms with Crippen LogP contribution in [0.4, 0.5) is 0 Å². The maximum atomic E-state index is 12.1. The summed E-state index contributed by atoms with van der Waals surface area (Å²) in [6, 6.07) is 2.19. The maximum Gasteiger partial charge on any atom is 0.357 e. The number of carbonyl (C=O) groups excluding carboxylic acids is 1. The van der Waals surface area contributed by atoms with E-state index in [2.05, 4.69) is 33.3 Å². The fourth-order valence-electron chi connectivity index (χ4n) is 2.98. The Balaban J connectivity index is 1.88. The van der Waals surface area contributed by atoms with E-state index in [1.54, 1.807) is 25.6 Å². The zero-order valence-electron chi connectivity index (χ0n) is 14.9. The second-order valence-electron chi connectivity index (χ2n) is 6.03. The fraction of sp³-hybridized carbons (Fsp3) is 0.412. The Morgan fingerprint density at radius 1 is 1.36 bits per heavy atom. The molecule has 0 bridgehead atoms. The molecule has 1 N–H and O–H groups in total. The van der Waals surface area contributed by atoms with Crippen LogP contribution in [0, 0.1) is 13.8 Å². The number of nitrogens with zero attached hydrogens (tertiary/aromatic N) is 5. The van der Waals surface area contributed by atoms with Gasteiger partial charge in [0.25, 0.3) is 0 Å². The van der Waals surface area contributed by atoms with E-state index in [9.17, 15) is 4.79 Å². The van der Waals surface area contributed by atoms with Crippen molar-refractivity contribution >= 4 is 5.97 Å². The molecule has 0 aliphatic carbocycles. The number of hydrogen-bond donors (Lipinski definition) is 1. The van der Waals surface area contributed by atoms with Gasteiger partial charge in [0.1, 0.15) is 0 Å². The molecule has 0 unspecified atom stereocenters. The Hall–Kier alpha value is -2.90. The summed E-state index contributed by atoms with van der Waals surface area (Å²) in [5.41, 5.74) is 3.93. The number of H-pyrrole nitrogens is 1. The summed E-state index contributed by atoms with van der Waals surface area (Å²) < 4.78 is 9.08. The zero-order valence-corrected chi connectivity index (χ0v) is 14.9. The Bertz CT molecular complexity index is 875. The van der Waals surface area contributed by atoms with Crippen molar-refractivity contribution in [2.24, 2.45) is 0 Å². The minimum atomic E-state index is -0.422. The van der Waals surface area contributed by atoms with Crippen LogP contribution in [0.5, 0.6) is 0 Å². The predicted octanol–water partition coefficient (Wildman–Crippen LogP) is 2.52. The van der Waals surface area contributed by atoms with Crippen LogP contribution in [0.1, 0.15) is 41.8 Å². The number of rotatable bonds is 6. The third kappa shape index (κ3) is 3.33. The van der Waals surface area contributed by atoms with Gasteiger partial charge in [-0.05, 0) is 33.8 Å². The molecule has 25 heavy (non-hydrogen) atoms. The van der Waals surface area contributed by atoms with Crippen LogP contribution in [0.15, 0.2) is 24.8 Å². The number of ether oxygens (including phenoxy) is 1. The smallest absolute Gasteiger partial charge is 0.357 e. The van der Waals surface area contributed by atoms with Crippen LogP contribution < -0.4 is 0 Å². The predicted molar refractivity (Wildman–Crippen MR) is 92.2 cm³/mol. The quantitative estimate of drug-likeness (QED) is 0.695. The lowest BCUT2D eigenvalue weighted by molar-refractivity contribution is 0.0520. The molecule has 132 valence electrons. The summed E-state index contributed by atoms with van der Waals surface area (Å²) in [7, 11) is 0. The summed E-state index contributed by atoms with van der Waals surface area (Å²) in [6.07, 6.45) is 5.09. The standard InChI is InChI=1S/C17H22N6O2/c1-5-25-17(24)16-14(7-19-20-16)15-8-18-10-22(15)9-13(4)23-12(3)6-11(2)21-23/h6-8,10,13H,5,9H2,1-4H3,(H,19,20)/t13-/m1/s1. The van der Waals surface area contributed by atoms with E-state index >= 15 is 0 Å². The van der Waals surface area contributed by atoms with Crippen molar-refractivity contribution in [1.82, 2.24) is 29.5 Å². The van der Waals surface area contributed by atoms with E-state index < -0.39 is 5.97 Å². The van der Waals surface area contributed by atoms with Crippen LogP contribution in [0.3, 0.4) is 0 Å². The first-order valence-electron chi connectivity index (χ1n) is 8.25.